The Labute approximate surface area is 119 Å². The third kappa shape index (κ3) is 3.55. The second-order valence-electron chi connectivity index (χ2n) is 4.89. The van der Waals surface area contributed by atoms with Crippen LogP contribution in [-0.4, -0.2) is 54.7 Å². The summed E-state index contributed by atoms with van der Waals surface area (Å²) in [5.74, 6) is 1.54. The van der Waals surface area contributed by atoms with Crippen LogP contribution in [0.15, 0.2) is 6.07 Å². The topological polar surface area (TPSA) is 41.5 Å². The summed E-state index contributed by atoms with van der Waals surface area (Å²) < 4.78 is 5.07. The highest BCUT2D eigenvalue weighted by Gasteiger charge is 2.24. The van der Waals surface area contributed by atoms with E-state index in [0.29, 0.717) is 23.6 Å². The van der Waals surface area contributed by atoms with Gasteiger partial charge in [0.15, 0.2) is 5.82 Å². The maximum Gasteiger partial charge on any atom is 0.158 e. The molecule has 1 fully saturated rings. The standard InChI is InChI=1S/C13H21ClN4O/c1-4-10-8-18(6-5-17(10)2)13-7-11(14)15-12(16-13)9-19-3/h7,10H,4-6,8-9H2,1-3H3. The van der Waals surface area contributed by atoms with Crippen molar-refractivity contribution in [1.29, 1.82) is 0 Å². The number of halogens is 1. The largest absolute Gasteiger partial charge is 0.377 e. The van der Waals surface area contributed by atoms with Gasteiger partial charge in [-0.2, -0.15) is 0 Å². The average Bonchev–Trinajstić information content (AvgIpc) is 2.39. The minimum atomic E-state index is 0.387. The molecule has 1 saturated heterocycles. The molecule has 0 saturated carbocycles. The quantitative estimate of drug-likeness (QED) is 0.789. The molecule has 0 aliphatic carbocycles. The third-order valence-electron chi connectivity index (χ3n) is 3.57. The Kier molecular flexibility index (Phi) is 4.96. The van der Waals surface area contributed by atoms with E-state index < -0.39 is 0 Å². The first-order valence-corrected chi connectivity index (χ1v) is 6.99. The van der Waals surface area contributed by atoms with Crippen LogP contribution in [-0.2, 0) is 11.3 Å². The molecule has 2 heterocycles. The van der Waals surface area contributed by atoms with Crippen LogP contribution in [0.3, 0.4) is 0 Å². The summed E-state index contributed by atoms with van der Waals surface area (Å²) >= 11 is 6.06. The van der Waals surface area contributed by atoms with Gasteiger partial charge >= 0.3 is 0 Å². The van der Waals surface area contributed by atoms with Gasteiger partial charge in [-0.05, 0) is 13.5 Å². The number of anilines is 1. The number of nitrogens with zero attached hydrogens (tertiary/aromatic N) is 4. The molecule has 1 aliphatic heterocycles. The molecule has 2 rings (SSSR count). The van der Waals surface area contributed by atoms with Gasteiger partial charge in [-0.25, -0.2) is 9.97 Å². The molecular formula is C13H21ClN4O. The Bertz CT molecular complexity index is 429. The van der Waals surface area contributed by atoms with Crippen molar-refractivity contribution >= 4 is 17.4 Å². The van der Waals surface area contributed by atoms with Gasteiger partial charge in [0.2, 0.25) is 0 Å². The van der Waals surface area contributed by atoms with E-state index in [1.54, 1.807) is 7.11 Å². The lowest BCUT2D eigenvalue weighted by atomic mass is 10.1. The molecule has 0 spiro atoms. The molecule has 5 nitrogen and oxygen atoms in total. The number of piperazine rings is 1. The zero-order valence-corrected chi connectivity index (χ0v) is 12.5. The highest BCUT2D eigenvalue weighted by molar-refractivity contribution is 6.29. The molecule has 0 N–H and O–H groups in total. The predicted molar refractivity (Wildman–Crippen MR) is 76.7 cm³/mol. The lowest BCUT2D eigenvalue weighted by Gasteiger charge is -2.39. The van der Waals surface area contributed by atoms with Gasteiger partial charge in [0.25, 0.3) is 0 Å². The lowest BCUT2D eigenvalue weighted by molar-refractivity contribution is 0.177. The van der Waals surface area contributed by atoms with Gasteiger partial charge in [0, 0.05) is 38.9 Å². The van der Waals surface area contributed by atoms with E-state index in [0.717, 1.165) is 31.9 Å². The Hall–Kier alpha value is -0.910. The van der Waals surface area contributed by atoms with Crippen molar-refractivity contribution in [3.8, 4) is 0 Å². The minimum absolute atomic E-state index is 0.387. The molecule has 0 aromatic carbocycles. The van der Waals surface area contributed by atoms with Gasteiger partial charge in [0.1, 0.15) is 17.6 Å². The van der Waals surface area contributed by atoms with Crippen molar-refractivity contribution in [2.24, 2.45) is 0 Å². The molecule has 6 heteroatoms. The average molecular weight is 285 g/mol. The van der Waals surface area contributed by atoms with E-state index in [9.17, 15) is 0 Å². The normalized spacial score (nSPS) is 20.8. The van der Waals surface area contributed by atoms with E-state index in [4.69, 9.17) is 16.3 Å². The fourth-order valence-corrected chi connectivity index (χ4v) is 2.60. The molecule has 1 aromatic rings. The molecule has 0 radical (unpaired) electrons. The van der Waals surface area contributed by atoms with Crippen LogP contribution in [0.25, 0.3) is 0 Å². The van der Waals surface area contributed by atoms with Crippen LogP contribution in [0.2, 0.25) is 5.15 Å². The number of likely N-dealkylation sites (N-methyl/N-ethyl adjacent to an activating group) is 1. The Morgan fingerprint density at radius 3 is 2.89 bits per heavy atom. The zero-order valence-electron chi connectivity index (χ0n) is 11.8. The molecule has 1 unspecified atom stereocenters. The fourth-order valence-electron chi connectivity index (χ4n) is 2.40. The van der Waals surface area contributed by atoms with Crippen molar-refractivity contribution in [3.05, 3.63) is 17.0 Å². The van der Waals surface area contributed by atoms with Crippen molar-refractivity contribution in [1.82, 2.24) is 14.9 Å². The first kappa shape index (κ1) is 14.5. The number of rotatable bonds is 4. The number of aromatic nitrogens is 2. The first-order chi connectivity index (χ1) is 9.13. The van der Waals surface area contributed by atoms with Crippen molar-refractivity contribution < 1.29 is 4.74 Å². The van der Waals surface area contributed by atoms with E-state index in [-0.39, 0.29) is 0 Å². The van der Waals surface area contributed by atoms with E-state index in [1.807, 2.05) is 6.07 Å². The van der Waals surface area contributed by atoms with E-state index >= 15 is 0 Å². The van der Waals surface area contributed by atoms with Gasteiger partial charge in [-0.3, -0.25) is 4.90 Å². The Morgan fingerprint density at radius 2 is 2.21 bits per heavy atom. The maximum absolute atomic E-state index is 6.06. The molecule has 0 amide bonds. The van der Waals surface area contributed by atoms with Crippen LogP contribution >= 0.6 is 11.6 Å². The lowest BCUT2D eigenvalue weighted by Crippen LogP contribution is -2.51. The van der Waals surface area contributed by atoms with Crippen LogP contribution in [0.1, 0.15) is 19.2 Å². The third-order valence-corrected chi connectivity index (χ3v) is 3.77. The number of hydrogen-bond acceptors (Lipinski definition) is 5. The highest BCUT2D eigenvalue weighted by Crippen LogP contribution is 2.20. The summed E-state index contributed by atoms with van der Waals surface area (Å²) in [4.78, 5) is 13.4. The summed E-state index contributed by atoms with van der Waals surface area (Å²) in [6.45, 7) is 5.59. The summed E-state index contributed by atoms with van der Waals surface area (Å²) in [6, 6.07) is 2.40. The minimum Gasteiger partial charge on any atom is -0.377 e. The summed E-state index contributed by atoms with van der Waals surface area (Å²) in [7, 11) is 3.81. The SMILES string of the molecule is CCC1CN(c2cc(Cl)nc(COC)n2)CCN1C. The van der Waals surface area contributed by atoms with Crippen LogP contribution in [0.5, 0.6) is 0 Å². The molecule has 19 heavy (non-hydrogen) atoms. The van der Waals surface area contributed by atoms with E-state index in [2.05, 4.69) is 33.7 Å². The Morgan fingerprint density at radius 1 is 1.42 bits per heavy atom. The van der Waals surface area contributed by atoms with Crippen LogP contribution in [0, 0.1) is 0 Å². The van der Waals surface area contributed by atoms with Crippen LogP contribution < -0.4 is 4.90 Å². The summed E-state index contributed by atoms with van der Waals surface area (Å²) in [6.07, 6.45) is 1.14. The van der Waals surface area contributed by atoms with Crippen molar-refractivity contribution in [2.45, 2.75) is 26.0 Å². The van der Waals surface area contributed by atoms with Crippen LogP contribution in [0.4, 0.5) is 5.82 Å². The van der Waals surface area contributed by atoms with Gasteiger partial charge in [-0.15, -0.1) is 0 Å². The van der Waals surface area contributed by atoms with Gasteiger partial charge < -0.3 is 9.64 Å². The molecule has 1 atom stereocenters. The second kappa shape index (κ2) is 6.50. The molecule has 1 aliphatic rings. The number of methoxy groups -OCH3 is 1. The first-order valence-electron chi connectivity index (χ1n) is 6.61. The molecular weight excluding hydrogens is 264 g/mol. The fraction of sp³-hybridized carbons (Fsp3) is 0.692. The molecule has 106 valence electrons. The molecule has 1 aromatic heterocycles. The van der Waals surface area contributed by atoms with E-state index in [1.165, 1.54) is 0 Å². The number of ether oxygens (including phenoxy) is 1. The maximum atomic E-state index is 6.06. The second-order valence-corrected chi connectivity index (χ2v) is 5.27. The smallest absolute Gasteiger partial charge is 0.158 e. The van der Waals surface area contributed by atoms with Gasteiger partial charge in [-0.1, -0.05) is 18.5 Å². The summed E-state index contributed by atoms with van der Waals surface area (Å²) in [5.41, 5.74) is 0. The zero-order chi connectivity index (χ0) is 13.8. The number of hydrogen-bond donors (Lipinski definition) is 0. The predicted octanol–water partition coefficient (Wildman–Crippen LogP) is 1.81. The summed E-state index contributed by atoms with van der Waals surface area (Å²) in [5, 5.41) is 0.476. The van der Waals surface area contributed by atoms with Gasteiger partial charge in [0.05, 0.1) is 0 Å². The van der Waals surface area contributed by atoms with Crippen molar-refractivity contribution in [2.75, 3.05) is 38.7 Å². The Balaban J connectivity index is 2.17. The van der Waals surface area contributed by atoms with Crippen molar-refractivity contribution in [3.63, 3.8) is 0 Å². The monoisotopic (exact) mass is 284 g/mol. The highest BCUT2D eigenvalue weighted by atomic mass is 35.5. The molecule has 0 bridgehead atoms.